The lowest BCUT2D eigenvalue weighted by molar-refractivity contribution is 0.401. The summed E-state index contributed by atoms with van der Waals surface area (Å²) in [7, 11) is 4.29. The fourth-order valence-corrected chi connectivity index (χ4v) is 4.03. The fourth-order valence-electron chi connectivity index (χ4n) is 2.02. The summed E-state index contributed by atoms with van der Waals surface area (Å²) in [5.74, 6) is 2.57. The second kappa shape index (κ2) is 6.66. The van der Waals surface area contributed by atoms with Gasteiger partial charge >= 0.3 is 0 Å². The molecular formula is C13H22N2S2. The number of nitrogens with zero attached hydrogens (tertiary/aromatic N) is 2. The lowest BCUT2D eigenvalue weighted by atomic mass is 10.2. The van der Waals surface area contributed by atoms with Crippen LogP contribution in [0.25, 0.3) is 0 Å². The highest BCUT2D eigenvalue weighted by molar-refractivity contribution is 7.99. The predicted octanol–water partition coefficient (Wildman–Crippen LogP) is 2.80. The van der Waals surface area contributed by atoms with E-state index in [1.807, 2.05) is 11.3 Å². The summed E-state index contributed by atoms with van der Waals surface area (Å²) in [6.07, 6.45) is 2.49. The molecule has 0 N–H and O–H groups in total. The molecule has 1 aromatic rings. The number of hydrogen-bond acceptors (Lipinski definition) is 4. The van der Waals surface area contributed by atoms with E-state index in [2.05, 4.69) is 47.8 Å². The van der Waals surface area contributed by atoms with Crippen molar-refractivity contribution in [3.63, 3.8) is 0 Å². The van der Waals surface area contributed by atoms with Crippen molar-refractivity contribution in [3.8, 4) is 0 Å². The molecule has 0 radical (unpaired) electrons. The number of thioether (sulfide) groups is 1. The summed E-state index contributed by atoms with van der Waals surface area (Å²) in [6.45, 7) is 3.64. The molecule has 96 valence electrons. The van der Waals surface area contributed by atoms with Gasteiger partial charge in [0.2, 0.25) is 0 Å². The summed E-state index contributed by atoms with van der Waals surface area (Å²) in [4.78, 5) is 6.34. The predicted molar refractivity (Wildman–Crippen MR) is 80.7 cm³/mol. The number of thiophene rings is 1. The topological polar surface area (TPSA) is 6.48 Å². The molecule has 1 aromatic heterocycles. The highest BCUT2D eigenvalue weighted by atomic mass is 32.2. The second-order valence-corrected chi connectivity index (χ2v) is 7.12. The van der Waals surface area contributed by atoms with E-state index in [4.69, 9.17) is 0 Å². The van der Waals surface area contributed by atoms with Gasteiger partial charge in [0.05, 0.1) is 5.00 Å². The standard InChI is InChI=1S/C13H22N2S2/c1-14(2)7-3-4-12-5-6-13(17-12)15-8-10-16-11-9-15/h5-6H,3-4,7-11H2,1-2H3. The minimum absolute atomic E-state index is 1.19. The van der Waals surface area contributed by atoms with Crippen LogP contribution in [0.4, 0.5) is 5.00 Å². The third-order valence-electron chi connectivity index (χ3n) is 3.00. The van der Waals surface area contributed by atoms with Gasteiger partial charge in [0.15, 0.2) is 0 Å². The van der Waals surface area contributed by atoms with Crippen LogP contribution in [0, 0.1) is 0 Å². The molecule has 17 heavy (non-hydrogen) atoms. The monoisotopic (exact) mass is 270 g/mol. The third-order valence-corrected chi connectivity index (χ3v) is 5.15. The van der Waals surface area contributed by atoms with Crippen molar-refractivity contribution < 1.29 is 0 Å². The van der Waals surface area contributed by atoms with E-state index >= 15 is 0 Å². The van der Waals surface area contributed by atoms with E-state index in [1.165, 1.54) is 49.0 Å². The van der Waals surface area contributed by atoms with E-state index in [-0.39, 0.29) is 0 Å². The van der Waals surface area contributed by atoms with Gasteiger partial charge in [-0.2, -0.15) is 11.8 Å². The Morgan fingerprint density at radius 1 is 1.24 bits per heavy atom. The Labute approximate surface area is 113 Å². The Balaban J connectivity index is 1.82. The summed E-state index contributed by atoms with van der Waals surface area (Å²) in [6, 6.07) is 4.63. The van der Waals surface area contributed by atoms with E-state index in [1.54, 1.807) is 4.88 Å². The first-order valence-electron chi connectivity index (χ1n) is 6.32. The van der Waals surface area contributed by atoms with Crippen LogP contribution < -0.4 is 4.90 Å². The van der Waals surface area contributed by atoms with Gasteiger partial charge in [0.1, 0.15) is 0 Å². The Hall–Kier alpha value is -0.190. The van der Waals surface area contributed by atoms with Crippen LogP contribution in [0.1, 0.15) is 11.3 Å². The molecule has 1 saturated heterocycles. The van der Waals surface area contributed by atoms with Crippen molar-refractivity contribution in [3.05, 3.63) is 17.0 Å². The Morgan fingerprint density at radius 2 is 2.00 bits per heavy atom. The Kier molecular flexibility index (Phi) is 5.19. The fraction of sp³-hybridized carbons (Fsp3) is 0.692. The Morgan fingerprint density at radius 3 is 2.71 bits per heavy atom. The molecule has 2 rings (SSSR count). The largest absolute Gasteiger partial charge is 0.362 e. The second-order valence-electron chi connectivity index (χ2n) is 4.75. The zero-order valence-corrected chi connectivity index (χ0v) is 12.4. The van der Waals surface area contributed by atoms with Crippen LogP contribution in [0.15, 0.2) is 12.1 Å². The molecular weight excluding hydrogens is 248 g/mol. The average molecular weight is 270 g/mol. The number of aryl methyl sites for hydroxylation is 1. The van der Waals surface area contributed by atoms with Crippen molar-refractivity contribution in [2.24, 2.45) is 0 Å². The van der Waals surface area contributed by atoms with Gasteiger partial charge in [-0.1, -0.05) is 0 Å². The maximum atomic E-state index is 2.54. The van der Waals surface area contributed by atoms with Crippen molar-refractivity contribution in [1.29, 1.82) is 0 Å². The van der Waals surface area contributed by atoms with Crippen LogP contribution >= 0.6 is 23.1 Å². The van der Waals surface area contributed by atoms with Crippen molar-refractivity contribution in [2.45, 2.75) is 12.8 Å². The molecule has 4 heteroatoms. The summed E-state index contributed by atoms with van der Waals surface area (Å²) in [5.41, 5.74) is 0. The van der Waals surface area contributed by atoms with Gasteiger partial charge in [0.25, 0.3) is 0 Å². The van der Waals surface area contributed by atoms with Gasteiger partial charge in [0, 0.05) is 29.5 Å². The first-order chi connectivity index (χ1) is 8.25. The average Bonchev–Trinajstić information content (AvgIpc) is 2.78. The quantitative estimate of drug-likeness (QED) is 0.812. The Bertz CT molecular complexity index is 330. The first kappa shape index (κ1) is 13.2. The van der Waals surface area contributed by atoms with E-state index < -0.39 is 0 Å². The van der Waals surface area contributed by atoms with E-state index in [0.29, 0.717) is 0 Å². The molecule has 1 aliphatic heterocycles. The first-order valence-corrected chi connectivity index (χ1v) is 8.29. The van der Waals surface area contributed by atoms with Gasteiger partial charge in [-0.3, -0.25) is 0 Å². The van der Waals surface area contributed by atoms with Gasteiger partial charge in [-0.25, -0.2) is 0 Å². The molecule has 0 atom stereocenters. The lowest BCUT2D eigenvalue weighted by Crippen LogP contribution is -2.31. The molecule has 0 unspecified atom stereocenters. The van der Waals surface area contributed by atoms with Crippen LogP contribution in [-0.4, -0.2) is 50.1 Å². The lowest BCUT2D eigenvalue weighted by Gasteiger charge is -2.26. The van der Waals surface area contributed by atoms with Gasteiger partial charge in [-0.15, -0.1) is 11.3 Å². The van der Waals surface area contributed by atoms with Crippen molar-refractivity contribution in [2.75, 3.05) is 50.1 Å². The highest BCUT2D eigenvalue weighted by Gasteiger charge is 2.12. The smallest absolute Gasteiger partial charge is 0.0911 e. The maximum absolute atomic E-state index is 2.54. The molecule has 2 heterocycles. The number of anilines is 1. The minimum atomic E-state index is 1.19. The molecule has 0 saturated carbocycles. The normalized spacial score (nSPS) is 16.8. The molecule has 0 aliphatic carbocycles. The van der Waals surface area contributed by atoms with Gasteiger partial charge < -0.3 is 9.80 Å². The summed E-state index contributed by atoms with van der Waals surface area (Å²) < 4.78 is 0. The zero-order chi connectivity index (χ0) is 12.1. The third kappa shape index (κ3) is 4.19. The molecule has 0 spiro atoms. The molecule has 1 fully saturated rings. The van der Waals surface area contributed by atoms with E-state index in [0.717, 1.165) is 0 Å². The van der Waals surface area contributed by atoms with E-state index in [9.17, 15) is 0 Å². The van der Waals surface area contributed by atoms with Crippen LogP contribution in [-0.2, 0) is 6.42 Å². The van der Waals surface area contributed by atoms with Crippen LogP contribution in [0.3, 0.4) is 0 Å². The maximum Gasteiger partial charge on any atom is 0.0911 e. The number of hydrogen-bond donors (Lipinski definition) is 0. The molecule has 2 nitrogen and oxygen atoms in total. The van der Waals surface area contributed by atoms with Crippen LogP contribution in [0.5, 0.6) is 0 Å². The minimum Gasteiger partial charge on any atom is -0.362 e. The van der Waals surface area contributed by atoms with Gasteiger partial charge in [-0.05, 0) is 45.6 Å². The SMILES string of the molecule is CN(C)CCCc1ccc(N2CCSCC2)s1. The molecule has 0 bridgehead atoms. The summed E-state index contributed by atoms with van der Waals surface area (Å²) >= 11 is 4.06. The highest BCUT2D eigenvalue weighted by Crippen LogP contribution is 2.28. The van der Waals surface area contributed by atoms with Crippen molar-refractivity contribution in [1.82, 2.24) is 4.90 Å². The molecule has 0 amide bonds. The number of rotatable bonds is 5. The molecule has 1 aliphatic rings. The zero-order valence-electron chi connectivity index (χ0n) is 10.8. The van der Waals surface area contributed by atoms with Crippen LogP contribution in [0.2, 0.25) is 0 Å². The summed E-state index contributed by atoms with van der Waals surface area (Å²) in [5, 5.41) is 1.48. The van der Waals surface area contributed by atoms with Crippen molar-refractivity contribution >= 4 is 28.1 Å². The molecule has 0 aromatic carbocycles.